The Kier molecular flexibility index (Phi) is 5.44. The summed E-state index contributed by atoms with van der Waals surface area (Å²) in [6.45, 7) is 5.04. The van der Waals surface area contributed by atoms with Crippen LogP contribution in [0.4, 0.5) is 11.4 Å². The molecule has 0 atom stereocenters. The van der Waals surface area contributed by atoms with Gasteiger partial charge in [-0.3, -0.25) is 9.59 Å². The summed E-state index contributed by atoms with van der Waals surface area (Å²) < 4.78 is 0. The predicted octanol–water partition coefficient (Wildman–Crippen LogP) is 2.18. The minimum atomic E-state index is -0.231. The molecule has 0 bridgehead atoms. The van der Waals surface area contributed by atoms with Crippen molar-refractivity contribution in [1.29, 1.82) is 0 Å². The van der Waals surface area contributed by atoms with Gasteiger partial charge in [0.05, 0.1) is 0 Å². The van der Waals surface area contributed by atoms with E-state index in [0.29, 0.717) is 6.42 Å². The molecule has 6 heteroatoms. The molecule has 0 unspecified atom stereocenters. The molecule has 19 heavy (non-hydrogen) atoms. The van der Waals surface area contributed by atoms with Crippen LogP contribution in [0.1, 0.15) is 25.8 Å². The lowest BCUT2D eigenvalue weighted by Gasteiger charge is -2.14. The van der Waals surface area contributed by atoms with Crippen molar-refractivity contribution in [3.8, 4) is 0 Å². The quantitative estimate of drug-likeness (QED) is 0.742. The van der Waals surface area contributed by atoms with E-state index in [1.807, 2.05) is 19.1 Å². The molecule has 0 aliphatic carbocycles. The molecular formula is C13H17N3O2S. The molecule has 0 fully saturated rings. The minimum absolute atomic E-state index is 0.0512. The van der Waals surface area contributed by atoms with Crippen LogP contribution in [-0.2, 0) is 9.59 Å². The monoisotopic (exact) mass is 279 g/mol. The fraction of sp³-hybridized carbons (Fsp3) is 0.308. The molecule has 0 aliphatic rings. The zero-order chi connectivity index (χ0) is 14.4. The standard InChI is InChI=1S/C13H17N3O2S/c1-4-12(18)15-10-6-5-7-11(8(10)2)16-13(19)14-9(3)17/h5-7H,4H2,1-3H3,(H,15,18)(H2,14,16,17,19). The van der Waals surface area contributed by atoms with Gasteiger partial charge in [0, 0.05) is 24.7 Å². The lowest BCUT2D eigenvalue weighted by Crippen LogP contribution is -2.32. The van der Waals surface area contributed by atoms with Crippen LogP contribution in [0.3, 0.4) is 0 Å². The molecular weight excluding hydrogens is 262 g/mol. The first kappa shape index (κ1) is 15.1. The second kappa shape index (κ2) is 6.84. The summed E-state index contributed by atoms with van der Waals surface area (Å²) in [5.41, 5.74) is 2.33. The van der Waals surface area contributed by atoms with Crippen LogP contribution < -0.4 is 16.0 Å². The zero-order valence-electron chi connectivity index (χ0n) is 11.2. The highest BCUT2D eigenvalue weighted by Crippen LogP contribution is 2.23. The maximum atomic E-state index is 11.4. The first-order valence-electron chi connectivity index (χ1n) is 5.92. The number of rotatable bonds is 3. The van der Waals surface area contributed by atoms with Crippen LogP contribution in [0, 0.1) is 6.92 Å². The zero-order valence-corrected chi connectivity index (χ0v) is 12.0. The lowest BCUT2D eigenvalue weighted by atomic mass is 10.1. The van der Waals surface area contributed by atoms with Crippen LogP contribution in [0.2, 0.25) is 0 Å². The number of hydrogen-bond donors (Lipinski definition) is 3. The molecule has 0 aliphatic heterocycles. The van der Waals surface area contributed by atoms with E-state index in [1.54, 1.807) is 13.0 Å². The third-order valence-corrected chi connectivity index (χ3v) is 2.67. The average Bonchev–Trinajstić information content (AvgIpc) is 2.33. The normalized spacial score (nSPS) is 9.63. The lowest BCUT2D eigenvalue weighted by molar-refractivity contribution is -0.117. The summed E-state index contributed by atoms with van der Waals surface area (Å²) >= 11 is 5.00. The predicted molar refractivity (Wildman–Crippen MR) is 80.1 cm³/mol. The van der Waals surface area contributed by atoms with Crippen molar-refractivity contribution in [2.24, 2.45) is 0 Å². The molecule has 102 valence electrons. The van der Waals surface area contributed by atoms with E-state index in [9.17, 15) is 9.59 Å². The third kappa shape index (κ3) is 4.67. The highest BCUT2D eigenvalue weighted by atomic mass is 32.1. The van der Waals surface area contributed by atoms with Crippen molar-refractivity contribution in [1.82, 2.24) is 5.32 Å². The maximum absolute atomic E-state index is 11.4. The number of hydrogen-bond acceptors (Lipinski definition) is 3. The Bertz CT molecular complexity index is 515. The summed E-state index contributed by atoms with van der Waals surface area (Å²) in [4.78, 5) is 22.3. The van der Waals surface area contributed by atoms with Gasteiger partial charge in [0.25, 0.3) is 0 Å². The Labute approximate surface area is 117 Å². The number of thiocarbonyl (C=S) groups is 1. The summed E-state index contributed by atoms with van der Waals surface area (Å²) in [6, 6.07) is 5.44. The van der Waals surface area contributed by atoms with E-state index >= 15 is 0 Å². The molecule has 0 heterocycles. The minimum Gasteiger partial charge on any atom is -0.332 e. The molecule has 0 spiro atoms. The first-order valence-corrected chi connectivity index (χ1v) is 6.33. The maximum Gasteiger partial charge on any atom is 0.224 e. The molecule has 1 rings (SSSR count). The molecule has 5 nitrogen and oxygen atoms in total. The molecule has 3 N–H and O–H groups in total. The van der Waals surface area contributed by atoms with E-state index in [-0.39, 0.29) is 16.9 Å². The molecule has 1 aromatic rings. The van der Waals surface area contributed by atoms with Crippen LogP contribution in [0.15, 0.2) is 18.2 Å². The number of benzene rings is 1. The van der Waals surface area contributed by atoms with Crippen molar-refractivity contribution in [2.45, 2.75) is 27.2 Å². The van der Waals surface area contributed by atoms with Crippen molar-refractivity contribution >= 4 is 40.5 Å². The van der Waals surface area contributed by atoms with Crippen LogP contribution in [0.5, 0.6) is 0 Å². The molecule has 2 amide bonds. The van der Waals surface area contributed by atoms with Gasteiger partial charge in [-0.2, -0.15) is 0 Å². The molecule has 0 radical (unpaired) electrons. The third-order valence-electron chi connectivity index (χ3n) is 2.47. The molecule has 1 aromatic carbocycles. The number of nitrogens with one attached hydrogen (secondary N) is 3. The molecule has 0 saturated carbocycles. The summed E-state index contributed by atoms with van der Waals surface area (Å²) in [7, 11) is 0. The Balaban J connectivity index is 2.85. The van der Waals surface area contributed by atoms with Crippen LogP contribution >= 0.6 is 12.2 Å². The van der Waals surface area contributed by atoms with E-state index in [4.69, 9.17) is 12.2 Å². The van der Waals surface area contributed by atoms with Crippen molar-refractivity contribution in [3.63, 3.8) is 0 Å². The topological polar surface area (TPSA) is 70.2 Å². The van der Waals surface area contributed by atoms with Gasteiger partial charge in [-0.1, -0.05) is 13.0 Å². The molecule has 0 aromatic heterocycles. The van der Waals surface area contributed by atoms with Gasteiger partial charge in [-0.15, -0.1) is 0 Å². The Morgan fingerprint density at radius 2 is 1.79 bits per heavy atom. The average molecular weight is 279 g/mol. The van der Waals surface area contributed by atoms with Gasteiger partial charge < -0.3 is 16.0 Å². The van der Waals surface area contributed by atoms with Crippen LogP contribution in [0.25, 0.3) is 0 Å². The number of carbonyl (C=O) groups excluding carboxylic acids is 2. The smallest absolute Gasteiger partial charge is 0.224 e. The summed E-state index contributed by atoms with van der Waals surface area (Å²) in [5.74, 6) is -0.282. The van der Waals surface area contributed by atoms with Crippen LogP contribution in [-0.4, -0.2) is 16.9 Å². The van der Waals surface area contributed by atoms with E-state index in [1.165, 1.54) is 6.92 Å². The SMILES string of the molecule is CCC(=O)Nc1cccc(NC(=S)NC(C)=O)c1C. The van der Waals surface area contributed by atoms with Gasteiger partial charge in [0.2, 0.25) is 11.8 Å². The van der Waals surface area contributed by atoms with Gasteiger partial charge in [-0.05, 0) is 36.8 Å². The van der Waals surface area contributed by atoms with Crippen molar-refractivity contribution in [3.05, 3.63) is 23.8 Å². The van der Waals surface area contributed by atoms with Crippen molar-refractivity contribution in [2.75, 3.05) is 10.6 Å². The number of anilines is 2. The van der Waals surface area contributed by atoms with E-state index < -0.39 is 0 Å². The Morgan fingerprint density at radius 1 is 1.21 bits per heavy atom. The molecule has 0 saturated heterocycles. The highest BCUT2D eigenvalue weighted by molar-refractivity contribution is 7.80. The highest BCUT2D eigenvalue weighted by Gasteiger charge is 2.08. The van der Waals surface area contributed by atoms with Gasteiger partial charge in [0.1, 0.15) is 0 Å². The van der Waals surface area contributed by atoms with Gasteiger partial charge >= 0.3 is 0 Å². The second-order valence-corrected chi connectivity index (χ2v) is 4.42. The van der Waals surface area contributed by atoms with E-state index in [0.717, 1.165) is 16.9 Å². The van der Waals surface area contributed by atoms with Gasteiger partial charge in [-0.25, -0.2) is 0 Å². The summed E-state index contributed by atoms with van der Waals surface area (Å²) in [5, 5.41) is 8.44. The second-order valence-electron chi connectivity index (χ2n) is 4.02. The Hall–Kier alpha value is -1.95. The first-order chi connectivity index (χ1) is 8.93. The number of carbonyl (C=O) groups is 2. The number of amides is 2. The largest absolute Gasteiger partial charge is 0.332 e. The van der Waals surface area contributed by atoms with Crippen molar-refractivity contribution < 1.29 is 9.59 Å². The Morgan fingerprint density at radius 3 is 2.32 bits per heavy atom. The van der Waals surface area contributed by atoms with Gasteiger partial charge in [0.15, 0.2) is 5.11 Å². The fourth-order valence-electron chi connectivity index (χ4n) is 1.46. The fourth-order valence-corrected chi connectivity index (χ4v) is 1.71. The van der Waals surface area contributed by atoms with E-state index in [2.05, 4.69) is 16.0 Å². The summed E-state index contributed by atoms with van der Waals surface area (Å²) in [6.07, 6.45) is 0.418.